The summed E-state index contributed by atoms with van der Waals surface area (Å²) in [5.41, 5.74) is 17.5. The number of hydrogen-bond donors (Lipinski definition) is 2. The number of nitrogen functional groups attached to an aromatic ring is 2. The normalized spacial score (nSPS) is 14.5. The van der Waals surface area contributed by atoms with Gasteiger partial charge in [0.15, 0.2) is 5.65 Å². The Labute approximate surface area is 163 Å². The minimum atomic E-state index is 0.0161. The smallest absolute Gasteiger partial charge is 0.226 e. The van der Waals surface area contributed by atoms with Gasteiger partial charge < -0.3 is 16.4 Å². The molecule has 4 N–H and O–H groups in total. The summed E-state index contributed by atoms with van der Waals surface area (Å²) < 4.78 is 1.84. The second-order valence-electron chi connectivity index (χ2n) is 7.42. The van der Waals surface area contributed by atoms with Crippen LogP contribution in [0.5, 0.6) is 0 Å². The van der Waals surface area contributed by atoms with E-state index < -0.39 is 0 Å². The molecule has 0 radical (unpaired) electrons. The molecule has 7 heteroatoms. The minimum Gasteiger partial charge on any atom is -0.399 e. The van der Waals surface area contributed by atoms with Crippen molar-refractivity contribution in [1.82, 2.24) is 19.5 Å². The molecule has 0 bridgehead atoms. The highest BCUT2D eigenvalue weighted by Crippen LogP contribution is 2.30. The molecule has 0 aliphatic carbocycles. The van der Waals surface area contributed by atoms with Crippen LogP contribution in [0, 0.1) is 5.92 Å². The van der Waals surface area contributed by atoms with Crippen molar-refractivity contribution in [3.8, 4) is 11.3 Å². The first-order valence-electron chi connectivity index (χ1n) is 9.43. The standard InChI is InChI=1S/C21H24N6O/c1-13(2)20(28)26-9-7-14(8-10-26)16-11-18(15-3-5-17(22)6-4-15)27-19(12-16)24-25-21(27)23/h3-7,11-13H,8-10,22H2,1-2H3,(H2,23,25). The molecule has 7 nitrogen and oxygen atoms in total. The summed E-state index contributed by atoms with van der Waals surface area (Å²) in [4.78, 5) is 14.1. The van der Waals surface area contributed by atoms with Crippen LogP contribution in [0.4, 0.5) is 11.6 Å². The number of amides is 1. The molecule has 0 fully saturated rings. The van der Waals surface area contributed by atoms with Crippen molar-refractivity contribution >= 4 is 28.8 Å². The zero-order chi connectivity index (χ0) is 19.8. The Morgan fingerprint density at radius 2 is 1.82 bits per heavy atom. The molecule has 3 aromatic rings. The van der Waals surface area contributed by atoms with Gasteiger partial charge in [-0.1, -0.05) is 32.1 Å². The molecule has 0 spiro atoms. The molecule has 0 saturated carbocycles. The number of hydrogen-bond acceptors (Lipinski definition) is 5. The highest BCUT2D eigenvalue weighted by atomic mass is 16.2. The molecule has 28 heavy (non-hydrogen) atoms. The van der Waals surface area contributed by atoms with Crippen molar-refractivity contribution in [3.63, 3.8) is 0 Å². The Morgan fingerprint density at radius 3 is 2.46 bits per heavy atom. The Kier molecular flexibility index (Phi) is 4.50. The number of benzene rings is 1. The topological polar surface area (TPSA) is 103 Å². The lowest BCUT2D eigenvalue weighted by atomic mass is 9.97. The van der Waals surface area contributed by atoms with Gasteiger partial charge >= 0.3 is 0 Å². The summed E-state index contributed by atoms with van der Waals surface area (Å²) in [6.07, 6.45) is 2.93. The second-order valence-corrected chi connectivity index (χ2v) is 7.42. The van der Waals surface area contributed by atoms with Crippen LogP contribution >= 0.6 is 0 Å². The third kappa shape index (κ3) is 3.19. The van der Waals surface area contributed by atoms with Gasteiger partial charge in [-0.25, -0.2) is 0 Å². The van der Waals surface area contributed by atoms with E-state index in [0.717, 1.165) is 29.8 Å². The third-order valence-corrected chi connectivity index (χ3v) is 5.12. The minimum absolute atomic E-state index is 0.0161. The Bertz CT molecular complexity index is 1060. The Morgan fingerprint density at radius 1 is 1.07 bits per heavy atom. The predicted octanol–water partition coefficient (Wildman–Crippen LogP) is 2.83. The maximum absolute atomic E-state index is 12.2. The van der Waals surface area contributed by atoms with Gasteiger partial charge in [-0.05, 0) is 47.4 Å². The van der Waals surface area contributed by atoms with Gasteiger partial charge in [0.2, 0.25) is 11.9 Å². The van der Waals surface area contributed by atoms with Crippen molar-refractivity contribution in [3.05, 3.63) is 48.0 Å². The van der Waals surface area contributed by atoms with Gasteiger partial charge in [0, 0.05) is 24.7 Å². The molecule has 4 rings (SSSR count). The first-order valence-corrected chi connectivity index (χ1v) is 9.43. The summed E-state index contributed by atoms with van der Waals surface area (Å²) in [6.45, 7) is 5.22. The number of nitrogens with two attached hydrogens (primary N) is 2. The fourth-order valence-corrected chi connectivity index (χ4v) is 3.59. The SMILES string of the molecule is CC(C)C(=O)N1CC=C(c2cc(-c3ccc(N)cc3)n3c(N)nnc3c2)CC1. The molecule has 2 aromatic heterocycles. The van der Waals surface area contributed by atoms with E-state index in [2.05, 4.69) is 22.3 Å². The van der Waals surface area contributed by atoms with Gasteiger partial charge in [0.25, 0.3) is 0 Å². The molecule has 1 amide bonds. The Balaban J connectivity index is 1.75. The highest BCUT2D eigenvalue weighted by Gasteiger charge is 2.21. The Hall–Kier alpha value is -3.35. The third-order valence-electron chi connectivity index (χ3n) is 5.12. The van der Waals surface area contributed by atoms with Crippen LogP contribution in [0.1, 0.15) is 25.8 Å². The molecule has 3 heterocycles. The van der Waals surface area contributed by atoms with Crippen LogP contribution in [0.15, 0.2) is 42.5 Å². The van der Waals surface area contributed by atoms with Crippen LogP contribution < -0.4 is 11.5 Å². The van der Waals surface area contributed by atoms with Gasteiger partial charge in [-0.3, -0.25) is 9.20 Å². The van der Waals surface area contributed by atoms with Crippen molar-refractivity contribution in [2.75, 3.05) is 24.6 Å². The van der Waals surface area contributed by atoms with Crippen molar-refractivity contribution in [1.29, 1.82) is 0 Å². The second kappa shape index (κ2) is 6.99. The van der Waals surface area contributed by atoms with Crippen LogP contribution in [0.3, 0.4) is 0 Å². The number of pyridine rings is 1. The van der Waals surface area contributed by atoms with E-state index in [0.29, 0.717) is 23.8 Å². The van der Waals surface area contributed by atoms with Crippen molar-refractivity contribution in [2.24, 2.45) is 5.92 Å². The molecule has 0 unspecified atom stereocenters. The lowest BCUT2D eigenvalue weighted by Gasteiger charge is -2.28. The maximum atomic E-state index is 12.2. The number of aromatic nitrogens is 3. The number of rotatable bonds is 3. The predicted molar refractivity (Wildman–Crippen MR) is 111 cm³/mol. The number of anilines is 2. The lowest BCUT2D eigenvalue weighted by molar-refractivity contribution is -0.134. The van der Waals surface area contributed by atoms with Crippen molar-refractivity contribution < 1.29 is 4.79 Å². The van der Waals surface area contributed by atoms with Crippen LogP contribution in [-0.4, -0.2) is 38.5 Å². The fraction of sp³-hybridized carbons (Fsp3) is 0.286. The van der Waals surface area contributed by atoms with E-state index >= 15 is 0 Å². The first kappa shape index (κ1) is 18.0. The monoisotopic (exact) mass is 376 g/mol. The summed E-state index contributed by atoms with van der Waals surface area (Å²) in [5, 5.41) is 8.25. The molecule has 1 aliphatic rings. The van der Waals surface area contributed by atoms with E-state index in [1.807, 2.05) is 53.5 Å². The molecular weight excluding hydrogens is 352 g/mol. The van der Waals surface area contributed by atoms with Crippen LogP contribution in [0.2, 0.25) is 0 Å². The zero-order valence-electron chi connectivity index (χ0n) is 16.1. The van der Waals surface area contributed by atoms with Crippen molar-refractivity contribution in [2.45, 2.75) is 20.3 Å². The van der Waals surface area contributed by atoms with E-state index in [1.54, 1.807) is 0 Å². The average molecular weight is 376 g/mol. The molecule has 1 aromatic carbocycles. The van der Waals surface area contributed by atoms with Crippen LogP contribution in [0.25, 0.3) is 22.5 Å². The number of carbonyl (C=O) groups is 1. The average Bonchev–Trinajstić information content (AvgIpc) is 3.08. The number of nitrogens with zero attached hydrogens (tertiary/aromatic N) is 4. The summed E-state index contributed by atoms with van der Waals surface area (Å²) in [6, 6.07) is 11.8. The quantitative estimate of drug-likeness (QED) is 0.684. The van der Waals surface area contributed by atoms with Gasteiger partial charge in [0.1, 0.15) is 0 Å². The van der Waals surface area contributed by atoms with E-state index in [4.69, 9.17) is 11.5 Å². The lowest BCUT2D eigenvalue weighted by Crippen LogP contribution is -2.37. The molecule has 0 atom stereocenters. The van der Waals surface area contributed by atoms with Gasteiger partial charge in [-0.2, -0.15) is 0 Å². The van der Waals surface area contributed by atoms with Crippen LogP contribution in [-0.2, 0) is 4.79 Å². The van der Waals surface area contributed by atoms with Gasteiger partial charge in [0.05, 0.1) is 5.69 Å². The summed E-state index contributed by atoms with van der Waals surface area (Å²) in [5.74, 6) is 0.556. The fourth-order valence-electron chi connectivity index (χ4n) is 3.59. The summed E-state index contributed by atoms with van der Waals surface area (Å²) in [7, 11) is 0. The van der Waals surface area contributed by atoms with E-state index in [9.17, 15) is 4.79 Å². The first-order chi connectivity index (χ1) is 13.4. The van der Waals surface area contributed by atoms with Gasteiger partial charge in [-0.15, -0.1) is 10.2 Å². The maximum Gasteiger partial charge on any atom is 0.226 e. The van der Waals surface area contributed by atoms with E-state index in [-0.39, 0.29) is 11.8 Å². The number of fused-ring (bicyclic) bond motifs is 1. The molecule has 1 aliphatic heterocycles. The molecule has 144 valence electrons. The van der Waals surface area contributed by atoms with E-state index in [1.165, 1.54) is 5.57 Å². The largest absolute Gasteiger partial charge is 0.399 e. The molecule has 0 saturated heterocycles. The summed E-state index contributed by atoms with van der Waals surface area (Å²) >= 11 is 0. The highest BCUT2D eigenvalue weighted by molar-refractivity contribution is 5.81. The molecular formula is C21H24N6O. The number of carbonyl (C=O) groups excluding carboxylic acids is 1. The zero-order valence-corrected chi connectivity index (χ0v) is 16.1.